The van der Waals surface area contributed by atoms with Crippen LogP contribution in [0.2, 0.25) is 0 Å². The smallest absolute Gasteiger partial charge is 0.227 e. The molecule has 0 saturated carbocycles. The summed E-state index contributed by atoms with van der Waals surface area (Å²) < 4.78 is 6.66. The third kappa shape index (κ3) is 5.65. The third-order valence-electron chi connectivity index (χ3n) is 10.2. The van der Waals surface area contributed by atoms with Crippen LogP contribution < -0.4 is 0 Å². The second-order valence-electron chi connectivity index (χ2n) is 13.4. The molecule has 0 radical (unpaired) electrons. The normalized spacial score (nSPS) is 11.4. The van der Waals surface area contributed by atoms with E-state index in [1.54, 1.807) is 6.20 Å². The first kappa shape index (κ1) is 30.7. The zero-order valence-corrected chi connectivity index (χ0v) is 28.8. The number of benzene rings is 8. The van der Waals surface area contributed by atoms with Gasteiger partial charge in [-0.15, -0.1) is 0 Å². The lowest BCUT2D eigenvalue weighted by molar-refractivity contribution is 0.620. The number of fused-ring (bicyclic) bond motifs is 4. The average molecular weight is 677 g/mol. The first-order valence-electron chi connectivity index (χ1n) is 17.9. The number of hydrogen-bond donors (Lipinski definition) is 0. The molecule has 0 aliphatic heterocycles. The fraction of sp³-hybridized carbons (Fsp3) is 0. The number of rotatable bonds is 6. The van der Waals surface area contributed by atoms with E-state index in [2.05, 4.69) is 175 Å². The Hall–Kier alpha value is -7.10. The molecule has 3 heteroatoms. The molecule has 0 saturated heterocycles. The van der Waals surface area contributed by atoms with Gasteiger partial charge in [0, 0.05) is 23.5 Å². The van der Waals surface area contributed by atoms with Crippen LogP contribution in [0.4, 0.5) is 0 Å². The van der Waals surface area contributed by atoms with Crippen LogP contribution in [0.15, 0.2) is 199 Å². The van der Waals surface area contributed by atoms with Gasteiger partial charge in [-0.05, 0) is 108 Å². The highest BCUT2D eigenvalue weighted by molar-refractivity contribution is 6.14. The van der Waals surface area contributed by atoms with Crippen molar-refractivity contribution < 1.29 is 4.42 Å². The molecule has 3 nitrogen and oxygen atoms in total. The Kier molecular flexibility index (Phi) is 7.47. The Morgan fingerprint density at radius 1 is 0.358 bits per heavy atom. The predicted octanol–water partition coefficient (Wildman–Crippen LogP) is 13.5. The maximum absolute atomic E-state index is 6.66. The van der Waals surface area contributed by atoms with Crippen molar-refractivity contribution in [2.24, 2.45) is 0 Å². The van der Waals surface area contributed by atoms with Crippen molar-refractivity contribution in [2.75, 3.05) is 0 Å². The minimum absolute atomic E-state index is 0.598. The molecular formula is C50H32N2O. The Morgan fingerprint density at radius 3 is 1.58 bits per heavy atom. The standard InChI is InChI=1S/C50H32N2O/c1-2-9-33(10-3-1)34-20-24-38(25-21-34)47-30-42(46-29-40-11-4-5-13-43(40)44-14-6-7-15-45(44)46)31-48-49(47)52-50(53-48)39-26-22-36(23-27-39)35-16-18-37(19-17-35)41-12-8-28-51-32-41/h1-32H. The Balaban J connectivity index is 1.08. The van der Waals surface area contributed by atoms with Crippen LogP contribution in [0.1, 0.15) is 0 Å². The van der Waals surface area contributed by atoms with Gasteiger partial charge in [-0.1, -0.05) is 146 Å². The van der Waals surface area contributed by atoms with Crippen molar-refractivity contribution in [1.82, 2.24) is 9.97 Å². The van der Waals surface area contributed by atoms with Gasteiger partial charge in [0.15, 0.2) is 5.58 Å². The monoisotopic (exact) mass is 676 g/mol. The van der Waals surface area contributed by atoms with E-state index in [1.165, 1.54) is 38.2 Å². The molecule has 0 bridgehead atoms. The molecule has 248 valence electrons. The molecule has 53 heavy (non-hydrogen) atoms. The molecular weight excluding hydrogens is 645 g/mol. The third-order valence-corrected chi connectivity index (χ3v) is 10.2. The van der Waals surface area contributed by atoms with E-state index in [0.29, 0.717) is 5.89 Å². The van der Waals surface area contributed by atoms with Gasteiger partial charge in [0.05, 0.1) is 0 Å². The molecule has 2 heterocycles. The minimum atomic E-state index is 0.598. The van der Waals surface area contributed by atoms with Gasteiger partial charge < -0.3 is 4.42 Å². The van der Waals surface area contributed by atoms with E-state index in [4.69, 9.17) is 9.40 Å². The summed E-state index contributed by atoms with van der Waals surface area (Å²) in [7, 11) is 0. The van der Waals surface area contributed by atoms with Crippen LogP contribution in [0, 0.1) is 0 Å². The van der Waals surface area contributed by atoms with E-state index < -0.39 is 0 Å². The van der Waals surface area contributed by atoms with Crippen LogP contribution in [0.25, 0.3) is 99.7 Å². The van der Waals surface area contributed by atoms with Crippen molar-refractivity contribution >= 4 is 32.6 Å². The quantitative estimate of drug-likeness (QED) is 0.165. The molecule has 0 amide bonds. The lowest BCUT2D eigenvalue weighted by atomic mass is 9.91. The number of aromatic nitrogens is 2. The van der Waals surface area contributed by atoms with E-state index in [1.807, 2.05) is 18.3 Å². The summed E-state index contributed by atoms with van der Waals surface area (Å²) in [5.41, 5.74) is 13.8. The summed E-state index contributed by atoms with van der Waals surface area (Å²) in [6, 6.07) is 64.4. The average Bonchev–Trinajstić information content (AvgIpc) is 3.68. The summed E-state index contributed by atoms with van der Waals surface area (Å²) in [6.45, 7) is 0. The second kappa shape index (κ2) is 12.9. The van der Waals surface area contributed by atoms with Gasteiger partial charge in [0.1, 0.15) is 5.52 Å². The van der Waals surface area contributed by atoms with E-state index in [0.717, 1.165) is 55.6 Å². The zero-order valence-electron chi connectivity index (χ0n) is 28.8. The Morgan fingerprint density at radius 2 is 0.906 bits per heavy atom. The van der Waals surface area contributed by atoms with Gasteiger partial charge in [-0.25, -0.2) is 4.98 Å². The van der Waals surface area contributed by atoms with Crippen molar-refractivity contribution in [2.45, 2.75) is 0 Å². The van der Waals surface area contributed by atoms with Crippen molar-refractivity contribution in [3.63, 3.8) is 0 Å². The minimum Gasteiger partial charge on any atom is -0.436 e. The maximum atomic E-state index is 6.66. The predicted molar refractivity (Wildman–Crippen MR) is 219 cm³/mol. The number of nitrogens with zero attached hydrogens (tertiary/aromatic N) is 2. The molecule has 0 aliphatic rings. The lowest BCUT2D eigenvalue weighted by Crippen LogP contribution is -1.88. The van der Waals surface area contributed by atoms with Crippen LogP contribution in [-0.4, -0.2) is 9.97 Å². The van der Waals surface area contributed by atoms with E-state index in [-0.39, 0.29) is 0 Å². The molecule has 0 unspecified atom stereocenters. The van der Waals surface area contributed by atoms with Crippen LogP contribution in [0.5, 0.6) is 0 Å². The SMILES string of the molecule is c1ccc(-c2ccc(-c3cc(-c4cc5ccccc5c5ccccc45)cc4oc(-c5ccc(-c6ccc(-c7cccnc7)cc6)cc5)nc34)cc2)cc1. The van der Waals surface area contributed by atoms with Crippen molar-refractivity contribution in [3.8, 4) is 67.1 Å². The zero-order chi connectivity index (χ0) is 35.1. The van der Waals surface area contributed by atoms with Crippen molar-refractivity contribution in [1.29, 1.82) is 0 Å². The summed E-state index contributed by atoms with van der Waals surface area (Å²) in [5, 5.41) is 4.90. The number of hydrogen-bond acceptors (Lipinski definition) is 3. The van der Waals surface area contributed by atoms with Gasteiger partial charge in [0.2, 0.25) is 5.89 Å². The molecule has 0 N–H and O–H groups in total. The molecule has 10 aromatic rings. The van der Waals surface area contributed by atoms with Gasteiger partial charge in [-0.2, -0.15) is 0 Å². The highest BCUT2D eigenvalue weighted by Crippen LogP contribution is 2.41. The van der Waals surface area contributed by atoms with Crippen molar-refractivity contribution in [3.05, 3.63) is 194 Å². The van der Waals surface area contributed by atoms with E-state index in [9.17, 15) is 0 Å². The second-order valence-corrected chi connectivity index (χ2v) is 13.4. The summed E-state index contributed by atoms with van der Waals surface area (Å²) in [6.07, 6.45) is 3.69. The topological polar surface area (TPSA) is 38.9 Å². The molecule has 0 spiro atoms. The molecule has 0 atom stereocenters. The van der Waals surface area contributed by atoms with Crippen LogP contribution >= 0.6 is 0 Å². The summed E-state index contributed by atoms with van der Waals surface area (Å²) in [4.78, 5) is 9.42. The maximum Gasteiger partial charge on any atom is 0.227 e. The lowest BCUT2D eigenvalue weighted by Gasteiger charge is -2.13. The molecule has 0 fully saturated rings. The van der Waals surface area contributed by atoms with Gasteiger partial charge in [-0.3, -0.25) is 4.98 Å². The fourth-order valence-corrected chi connectivity index (χ4v) is 7.49. The first-order chi connectivity index (χ1) is 26.2. The van der Waals surface area contributed by atoms with Crippen LogP contribution in [0.3, 0.4) is 0 Å². The Bertz CT molecular complexity index is 2890. The molecule has 2 aromatic heterocycles. The summed E-state index contributed by atoms with van der Waals surface area (Å²) in [5.74, 6) is 0.598. The highest BCUT2D eigenvalue weighted by atomic mass is 16.3. The van der Waals surface area contributed by atoms with Crippen LogP contribution in [-0.2, 0) is 0 Å². The largest absolute Gasteiger partial charge is 0.436 e. The van der Waals surface area contributed by atoms with Gasteiger partial charge >= 0.3 is 0 Å². The molecule has 8 aromatic carbocycles. The number of pyridine rings is 1. The highest BCUT2D eigenvalue weighted by Gasteiger charge is 2.18. The van der Waals surface area contributed by atoms with Gasteiger partial charge in [0.25, 0.3) is 0 Å². The van der Waals surface area contributed by atoms with E-state index >= 15 is 0 Å². The number of oxazole rings is 1. The summed E-state index contributed by atoms with van der Waals surface area (Å²) >= 11 is 0. The fourth-order valence-electron chi connectivity index (χ4n) is 7.49. The molecule has 0 aliphatic carbocycles. The first-order valence-corrected chi connectivity index (χ1v) is 17.9. The Labute approximate surface area is 307 Å². The molecule has 10 rings (SSSR count).